The first kappa shape index (κ1) is 17.7. The third-order valence-electron chi connectivity index (χ3n) is 4.38. The lowest BCUT2D eigenvalue weighted by atomic mass is 10.1. The predicted octanol–water partition coefficient (Wildman–Crippen LogP) is 2.65. The van der Waals surface area contributed by atoms with Gasteiger partial charge in [0.05, 0.1) is 4.53 Å². The highest BCUT2D eigenvalue weighted by Gasteiger charge is 2.16. The maximum absolute atomic E-state index is 12.8. The maximum Gasteiger partial charge on any atom is 0.271 e. The fourth-order valence-corrected chi connectivity index (χ4v) is 3.98. The van der Waals surface area contributed by atoms with Crippen LogP contribution in [0.25, 0.3) is 6.08 Å². The molecule has 0 radical (unpaired) electrons. The predicted molar refractivity (Wildman–Crippen MR) is 108 cm³/mol. The van der Waals surface area contributed by atoms with Crippen LogP contribution in [0.5, 0.6) is 0 Å². The van der Waals surface area contributed by atoms with Gasteiger partial charge in [0.2, 0.25) is 0 Å². The number of fused-ring (bicyclic) bond motifs is 1. The molecule has 0 unspecified atom stereocenters. The quantitative estimate of drug-likeness (QED) is 0.638. The molecule has 0 atom stereocenters. The normalized spacial score (nSPS) is 14.0. The van der Waals surface area contributed by atoms with Gasteiger partial charge < -0.3 is 4.90 Å². The van der Waals surface area contributed by atoms with E-state index in [1.807, 2.05) is 35.2 Å². The molecule has 0 amide bonds. The zero-order valence-corrected chi connectivity index (χ0v) is 16.1. The lowest BCUT2D eigenvalue weighted by Gasteiger charge is -2.25. The Kier molecular flexibility index (Phi) is 4.68. The SMILES string of the molecule is CC(=O)c1ccc(N2CN=c3s/c(=C\c4ccc(Cl)cc4)c(=O)n3C2)cc1. The molecule has 0 bridgehead atoms. The van der Waals surface area contributed by atoms with Crippen LogP contribution in [-0.4, -0.2) is 17.0 Å². The summed E-state index contributed by atoms with van der Waals surface area (Å²) in [6, 6.07) is 14.7. The summed E-state index contributed by atoms with van der Waals surface area (Å²) in [5.41, 5.74) is 2.46. The first-order valence-corrected chi connectivity index (χ1v) is 9.58. The Labute approximate surface area is 164 Å². The molecule has 0 saturated heterocycles. The summed E-state index contributed by atoms with van der Waals surface area (Å²) >= 11 is 7.30. The van der Waals surface area contributed by atoms with Gasteiger partial charge in [0.25, 0.3) is 5.56 Å². The highest BCUT2D eigenvalue weighted by Crippen LogP contribution is 2.17. The van der Waals surface area contributed by atoms with Crippen LogP contribution in [0, 0.1) is 0 Å². The van der Waals surface area contributed by atoms with Gasteiger partial charge in [0.1, 0.15) is 13.3 Å². The number of thiazole rings is 1. The lowest BCUT2D eigenvalue weighted by Crippen LogP contribution is -2.42. The van der Waals surface area contributed by atoms with Crippen molar-refractivity contribution in [3.05, 3.63) is 84.4 Å². The largest absolute Gasteiger partial charge is 0.334 e. The van der Waals surface area contributed by atoms with Crippen molar-refractivity contribution in [2.45, 2.75) is 13.6 Å². The summed E-state index contributed by atoms with van der Waals surface area (Å²) in [7, 11) is 0. The molecule has 4 rings (SSSR count). The number of hydrogen-bond acceptors (Lipinski definition) is 5. The van der Waals surface area contributed by atoms with Crippen molar-refractivity contribution in [1.29, 1.82) is 0 Å². The number of nitrogens with zero attached hydrogens (tertiary/aromatic N) is 3. The van der Waals surface area contributed by atoms with Gasteiger partial charge in [-0.2, -0.15) is 0 Å². The molecule has 5 nitrogen and oxygen atoms in total. The summed E-state index contributed by atoms with van der Waals surface area (Å²) in [6.07, 6.45) is 1.86. The van der Waals surface area contributed by atoms with Crippen molar-refractivity contribution in [2.24, 2.45) is 4.99 Å². The fraction of sp³-hybridized carbons (Fsp3) is 0.150. The second kappa shape index (κ2) is 7.13. The molecule has 2 aromatic carbocycles. The molecule has 3 aromatic rings. The molecular weight excluding hydrogens is 382 g/mol. The smallest absolute Gasteiger partial charge is 0.271 e. The first-order valence-electron chi connectivity index (χ1n) is 8.38. The van der Waals surface area contributed by atoms with Crippen LogP contribution in [0.4, 0.5) is 5.69 Å². The number of Topliss-reactive ketones (excluding diaryl/α,β-unsaturated/α-hetero) is 1. The van der Waals surface area contributed by atoms with E-state index in [1.165, 1.54) is 11.3 Å². The second-order valence-corrected chi connectivity index (χ2v) is 7.71. The summed E-state index contributed by atoms with van der Waals surface area (Å²) in [6.45, 7) is 2.45. The molecule has 2 heterocycles. The average Bonchev–Trinajstić information content (AvgIpc) is 2.99. The van der Waals surface area contributed by atoms with Crippen molar-refractivity contribution in [1.82, 2.24) is 4.57 Å². The van der Waals surface area contributed by atoms with Gasteiger partial charge in [-0.25, -0.2) is 4.99 Å². The van der Waals surface area contributed by atoms with Crippen LogP contribution in [0.2, 0.25) is 5.02 Å². The van der Waals surface area contributed by atoms with E-state index in [0.29, 0.717) is 28.5 Å². The topological polar surface area (TPSA) is 54.7 Å². The van der Waals surface area contributed by atoms with Crippen LogP contribution < -0.4 is 19.8 Å². The minimum Gasteiger partial charge on any atom is -0.334 e. The van der Waals surface area contributed by atoms with E-state index < -0.39 is 0 Å². The summed E-state index contributed by atoms with van der Waals surface area (Å²) in [5.74, 6) is 0.0311. The first-order chi connectivity index (χ1) is 13.0. The Morgan fingerprint density at radius 3 is 2.52 bits per heavy atom. The van der Waals surface area contributed by atoms with E-state index in [2.05, 4.69) is 4.99 Å². The third-order valence-corrected chi connectivity index (χ3v) is 5.68. The van der Waals surface area contributed by atoms with Crippen molar-refractivity contribution < 1.29 is 4.79 Å². The summed E-state index contributed by atoms with van der Waals surface area (Å²) < 4.78 is 2.32. The molecular formula is C20H16ClN3O2S. The molecule has 0 aliphatic carbocycles. The molecule has 0 fully saturated rings. The molecule has 0 N–H and O–H groups in total. The Balaban J connectivity index is 1.65. The number of halogens is 1. The third kappa shape index (κ3) is 3.59. The zero-order valence-electron chi connectivity index (χ0n) is 14.6. The van der Waals surface area contributed by atoms with E-state index in [0.717, 1.165) is 16.1 Å². The van der Waals surface area contributed by atoms with Crippen molar-refractivity contribution in [2.75, 3.05) is 11.6 Å². The number of rotatable bonds is 3. The van der Waals surface area contributed by atoms with Crippen molar-refractivity contribution in [3.63, 3.8) is 0 Å². The summed E-state index contributed by atoms with van der Waals surface area (Å²) in [5, 5.41) is 0.663. The number of anilines is 1. The van der Waals surface area contributed by atoms with Gasteiger partial charge in [0.15, 0.2) is 10.6 Å². The average molecular weight is 398 g/mol. The number of aromatic nitrogens is 1. The van der Waals surface area contributed by atoms with Gasteiger partial charge in [0, 0.05) is 16.3 Å². The number of carbonyl (C=O) groups is 1. The van der Waals surface area contributed by atoms with Crippen LogP contribution >= 0.6 is 22.9 Å². The Morgan fingerprint density at radius 2 is 1.85 bits per heavy atom. The maximum atomic E-state index is 12.8. The summed E-state index contributed by atoms with van der Waals surface area (Å²) in [4.78, 5) is 31.5. The molecule has 0 spiro atoms. The number of carbonyl (C=O) groups excluding carboxylic acids is 1. The fourth-order valence-electron chi connectivity index (χ4n) is 2.89. The van der Waals surface area contributed by atoms with Crippen LogP contribution in [-0.2, 0) is 6.67 Å². The van der Waals surface area contributed by atoms with Crippen molar-refractivity contribution in [3.8, 4) is 0 Å². The Hall–Kier alpha value is -2.70. The van der Waals surface area contributed by atoms with Crippen LogP contribution in [0.15, 0.2) is 58.3 Å². The van der Waals surface area contributed by atoms with E-state index in [9.17, 15) is 9.59 Å². The van der Waals surface area contributed by atoms with E-state index in [4.69, 9.17) is 11.6 Å². The zero-order chi connectivity index (χ0) is 19.0. The number of benzene rings is 2. The van der Waals surface area contributed by atoms with Gasteiger partial charge in [-0.05, 0) is 55.0 Å². The highest BCUT2D eigenvalue weighted by atomic mass is 35.5. The van der Waals surface area contributed by atoms with Gasteiger partial charge >= 0.3 is 0 Å². The van der Waals surface area contributed by atoms with Gasteiger partial charge in [-0.15, -0.1) is 0 Å². The van der Waals surface area contributed by atoms with Gasteiger partial charge in [-0.1, -0.05) is 35.1 Å². The van der Waals surface area contributed by atoms with Crippen LogP contribution in [0.1, 0.15) is 22.8 Å². The monoisotopic (exact) mass is 397 g/mol. The van der Waals surface area contributed by atoms with E-state index in [1.54, 1.807) is 35.8 Å². The van der Waals surface area contributed by atoms with Crippen LogP contribution in [0.3, 0.4) is 0 Å². The lowest BCUT2D eigenvalue weighted by molar-refractivity contribution is 0.101. The molecule has 136 valence electrons. The molecule has 1 aromatic heterocycles. The van der Waals surface area contributed by atoms with E-state index >= 15 is 0 Å². The van der Waals surface area contributed by atoms with E-state index in [-0.39, 0.29) is 11.3 Å². The molecule has 1 aliphatic rings. The van der Waals surface area contributed by atoms with Crippen molar-refractivity contribution >= 4 is 40.5 Å². The highest BCUT2D eigenvalue weighted by molar-refractivity contribution is 7.07. The van der Waals surface area contributed by atoms with Gasteiger partial charge in [-0.3, -0.25) is 14.2 Å². The second-order valence-electron chi connectivity index (χ2n) is 6.26. The number of ketones is 1. The molecule has 1 aliphatic heterocycles. The number of hydrogen-bond donors (Lipinski definition) is 0. The molecule has 27 heavy (non-hydrogen) atoms. The Bertz CT molecular complexity index is 1180. The minimum atomic E-state index is -0.0567. The molecule has 7 heteroatoms. The minimum absolute atomic E-state index is 0.0311. The molecule has 0 saturated carbocycles. The standard InChI is InChI=1S/C20H16ClN3O2S/c1-13(25)15-4-8-17(9-5-15)23-11-22-20-24(12-23)19(26)18(27-20)10-14-2-6-16(21)7-3-14/h2-10H,11-12H2,1H3/b18-10-. The Morgan fingerprint density at radius 1 is 1.15 bits per heavy atom.